The highest BCUT2D eigenvalue weighted by Crippen LogP contribution is 2.40. The molecule has 0 amide bonds. The normalized spacial score (nSPS) is 18.2. The summed E-state index contributed by atoms with van der Waals surface area (Å²) in [5.41, 5.74) is 1.27. The fourth-order valence-electron chi connectivity index (χ4n) is 5.22. The van der Waals surface area contributed by atoms with Crippen molar-refractivity contribution in [3.05, 3.63) is 83.2 Å². The van der Waals surface area contributed by atoms with Gasteiger partial charge in [-0.15, -0.1) is 0 Å². The summed E-state index contributed by atoms with van der Waals surface area (Å²) in [5.74, 6) is -3.52. The second kappa shape index (κ2) is 12.5. The third-order valence-electron chi connectivity index (χ3n) is 7.30. The van der Waals surface area contributed by atoms with Gasteiger partial charge in [-0.1, -0.05) is 31.5 Å². The summed E-state index contributed by atoms with van der Waals surface area (Å²) in [7, 11) is 0. The Kier molecular flexibility index (Phi) is 9.10. The van der Waals surface area contributed by atoms with Gasteiger partial charge in [0.05, 0.1) is 18.3 Å². The van der Waals surface area contributed by atoms with E-state index in [0.717, 1.165) is 25.7 Å². The second-order valence-electron chi connectivity index (χ2n) is 9.79. The molecule has 38 heavy (non-hydrogen) atoms. The average Bonchev–Trinajstić information content (AvgIpc) is 2.92. The topological polar surface area (TPSA) is 55.8 Å². The van der Waals surface area contributed by atoms with Gasteiger partial charge in [-0.2, -0.15) is 4.39 Å². The summed E-state index contributed by atoms with van der Waals surface area (Å²) < 4.78 is 54.8. The van der Waals surface area contributed by atoms with Crippen molar-refractivity contribution in [1.29, 1.82) is 0 Å². The van der Waals surface area contributed by atoms with E-state index < -0.39 is 29.2 Å². The van der Waals surface area contributed by atoms with Crippen molar-refractivity contribution in [2.45, 2.75) is 64.4 Å². The van der Waals surface area contributed by atoms with Crippen LogP contribution in [0.4, 0.5) is 13.2 Å². The smallest absolute Gasteiger partial charge is 0.343 e. The zero-order valence-electron chi connectivity index (χ0n) is 21.7. The maximum atomic E-state index is 15.0. The summed E-state index contributed by atoms with van der Waals surface area (Å²) in [6.07, 6.45) is 4.18. The fourth-order valence-corrected chi connectivity index (χ4v) is 5.22. The molecule has 3 aromatic carbocycles. The third kappa shape index (κ3) is 6.21. The molecule has 1 aliphatic carbocycles. The lowest BCUT2D eigenvalue weighted by Crippen LogP contribution is -2.25. The third-order valence-corrected chi connectivity index (χ3v) is 7.30. The summed E-state index contributed by atoms with van der Waals surface area (Å²) >= 11 is 0. The molecular formula is C31H33F3O4. The maximum absolute atomic E-state index is 15.0. The Balaban J connectivity index is 1.42. The van der Waals surface area contributed by atoms with E-state index in [0.29, 0.717) is 36.3 Å². The molecule has 1 atom stereocenters. The Morgan fingerprint density at radius 1 is 0.947 bits per heavy atom. The number of esters is 1. The summed E-state index contributed by atoms with van der Waals surface area (Å²) in [6.45, 7) is 4.26. The molecular weight excluding hydrogens is 493 g/mol. The number of carbonyl (C=O) groups excluding carboxylic acids is 1. The number of hydrogen-bond acceptors (Lipinski definition) is 4. The van der Waals surface area contributed by atoms with Crippen molar-refractivity contribution >= 4 is 5.97 Å². The molecule has 1 saturated carbocycles. The van der Waals surface area contributed by atoms with Crippen LogP contribution in [0.3, 0.4) is 0 Å². The number of halogens is 3. The average molecular weight is 527 g/mol. The predicted octanol–water partition coefficient (Wildman–Crippen LogP) is 7.82. The first-order valence-corrected chi connectivity index (χ1v) is 13.2. The van der Waals surface area contributed by atoms with Crippen LogP contribution in [0.2, 0.25) is 0 Å². The van der Waals surface area contributed by atoms with Gasteiger partial charge in [-0.05, 0) is 92.3 Å². The molecule has 1 N–H and O–H groups in total. The van der Waals surface area contributed by atoms with Crippen LogP contribution in [0.1, 0.15) is 74.2 Å². The van der Waals surface area contributed by atoms with Gasteiger partial charge in [0.2, 0.25) is 5.82 Å². The van der Waals surface area contributed by atoms with Gasteiger partial charge in [-0.25, -0.2) is 13.6 Å². The van der Waals surface area contributed by atoms with E-state index in [9.17, 15) is 23.1 Å². The minimum absolute atomic E-state index is 0.118. The van der Waals surface area contributed by atoms with Crippen molar-refractivity contribution in [3.63, 3.8) is 0 Å². The van der Waals surface area contributed by atoms with Crippen molar-refractivity contribution in [1.82, 2.24) is 0 Å². The van der Waals surface area contributed by atoms with Crippen LogP contribution in [0.5, 0.6) is 11.5 Å². The lowest BCUT2D eigenvalue weighted by molar-refractivity contribution is 0.0725. The van der Waals surface area contributed by atoms with Crippen LogP contribution >= 0.6 is 0 Å². The van der Waals surface area contributed by atoms with Gasteiger partial charge in [0.25, 0.3) is 0 Å². The first-order valence-electron chi connectivity index (χ1n) is 13.2. The number of hydrogen-bond donors (Lipinski definition) is 1. The Morgan fingerprint density at radius 2 is 1.66 bits per heavy atom. The Hall–Kier alpha value is -3.32. The number of aliphatic hydroxyl groups is 1. The van der Waals surface area contributed by atoms with Gasteiger partial charge in [-0.3, -0.25) is 0 Å². The minimum Gasteiger partial charge on any atom is -0.494 e. The zero-order chi connectivity index (χ0) is 27.2. The monoisotopic (exact) mass is 526 g/mol. The molecule has 202 valence electrons. The number of rotatable bonds is 9. The lowest BCUT2D eigenvalue weighted by Gasteiger charge is -2.32. The van der Waals surface area contributed by atoms with Crippen molar-refractivity contribution in [2.24, 2.45) is 5.92 Å². The SMILES string of the molecule is CCCC(O)C1CCC(c2ccc(OC(=O)c3ccc(-c4ccc(OCC)cc4F)cc3)c(F)c2F)CC1. The molecule has 0 spiro atoms. The molecule has 0 saturated heterocycles. The minimum atomic E-state index is -1.20. The number of aliphatic hydroxyl groups excluding tert-OH is 1. The van der Waals surface area contributed by atoms with E-state index in [2.05, 4.69) is 0 Å². The van der Waals surface area contributed by atoms with Crippen LogP contribution in [0.25, 0.3) is 11.1 Å². The molecule has 4 nitrogen and oxygen atoms in total. The molecule has 0 heterocycles. The molecule has 0 radical (unpaired) electrons. The molecule has 1 aliphatic rings. The molecule has 1 unspecified atom stereocenters. The molecule has 0 aromatic heterocycles. The standard InChI is InChI=1S/C31H33F3O4/c1-3-5-27(35)21-10-6-20(7-11-21)25-16-17-28(30(34)29(25)33)38-31(36)22-12-8-19(9-13-22)24-15-14-23(37-4-2)18-26(24)32/h8-9,12-18,20-21,27,35H,3-7,10-11H2,1-2H3. The summed E-state index contributed by atoms with van der Waals surface area (Å²) in [5, 5.41) is 10.3. The van der Waals surface area contributed by atoms with Crippen LogP contribution in [-0.4, -0.2) is 23.8 Å². The molecule has 0 bridgehead atoms. The molecule has 7 heteroatoms. The number of carbonyl (C=O) groups is 1. The van der Waals surface area contributed by atoms with Crippen LogP contribution in [0.15, 0.2) is 54.6 Å². The van der Waals surface area contributed by atoms with E-state index in [1.54, 1.807) is 24.3 Å². The van der Waals surface area contributed by atoms with Gasteiger partial charge in [0, 0.05) is 11.6 Å². The Morgan fingerprint density at radius 3 is 2.29 bits per heavy atom. The van der Waals surface area contributed by atoms with E-state index in [1.165, 1.54) is 30.3 Å². The summed E-state index contributed by atoms with van der Waals surface area (Å²) in [6, 6.07) is 13.3. The largest absolute Gasteiger partial charge is 0.494 e. The predicted molar refractivity (Wildman–Crippen MR) is 140 cm³/mol. The van der Waals surface area contributed by atoms with Crippen LogP contribution in [0, 0.1) is 23.4 Å². The van der Waals surface area contributed by atoms with E-state index >= 15 is 0 Å². The highest BCUT2D eigenvalue weighted by atomic mass is 19.2. The molecule has 1 fully saturated rings. The fraction of sp³-hybridized carbons (Fsp3) is 0.387. The van der Waals surface area contributed by atoms with Crippen LogP contribution < -0.4 is 9.47 Å². The second-order valence-corrected chi connectivity index (χ2v) is 9.79. The van der Waals surface area contributed by atoms with Gasteiger partial charge in [0.15, 0.2) is 11.6 Å². The van der Waals surface area contributed by atoms with E-state index in [4.69, 9.17) is 9.47 Å². The van der Waals surface area contributed by atoms with E-state index in [-0.39, 0.29) is 29.1 Å². The molecule has 0 aliphatic heterocycles. The molecule has 4 rings (SSSR count). The highest BCUT2D eigenvalue weighted by molar-refractivity contribution is 5.91. The van der Waals surface area contributed by atoms with Gasteiger partial charge in [0.1, 0.15) is 11.6 Å². The van der Waals surface area contributed by atoms with Crippen LogP contribution in [-0.2, 0) is 0 Å². The maximum Gasteiger partial charge on any atom is 0.343 e. The Labute approximate surface area is 221 Å². The first kappa shape index (κ1) is 27.7. The zero-order valence-corrected chi connectivity index (χ0v) is 21.7. The van der Waals surface area contributed by atoms with E-state index in [1.807, 2.05) is 13.8 Å². The van der Waals surface area contributed by atoms with Crippen molar-refractivity contribution < 1.29 is 32.5 Å². The summed E-state index contributed by atoms with van der Waals surface area (Å²) in [4.78, 5) is 12.6. The van der Waals surface area contributed by atoms with Crippen molar-refractivity contribution in [3.8, 4) is 22.6 Å². The lowest BCUT2D eigenvalue weighted by atomic mass is 9.76. The highest BCUT2D eigenvalue weighted by Gasteiger charge is 2.30. The number of ether oxygens (including phenoxy) is 2. The van der Waals surface area contributed by atoms with Crippen molar-refractivity contribution in [2.75, 3.05) is 6.61 Å². The quantitative estimate of drug-likeness (QED) is 0.228. The Bertz CT molecular complexity index is 1250. The van der Waals surface area contributed by atoms with Gasteiger partial charge >= 0.3 is 5.97 Å². The van der Waals surface area contributed by atoms with Gasteiger partial charge < -0.3 is 14.6 Å². The molecule has 3 aromatic rings. The first-order chi connectivity index (χ1) is 18.3. The number of benzene rings is 3.